The molecule has 1 aromatic carbocycles. The van der Waals surface area contributed by atoms with Crippen molar-refractivity contribution in [2.45, 2.75) is 17.4 Å². The van der Waals surface area contributed by atoms with Crippen LogP contribution in [0.5, 0.6) is 0 Å². The molecule has 0 aliphatic heterocycles. The van der Waals surface area contributed by atoms with Gasteiger partial charge in [0.05, 0.1) is 6.54 Å². The van der Waals surface area contributed by atoms with Crippen molar-refractivity contribution in [1.29, 1.82) is 0 Å². The molecule has 19 heavy (non-hydrogen) atoms. The van der Waals surface area contributed by atoms with E-state index in [1.807, 2.05) is 12.1 Å². The molecule has 5 nitrogen and oxygen atoms in total. The summed E-state index contributed by atoms with van der Waals surface area (Å²) in [5.74, 6) is -0.488. The second-order valence-electron chi connectivity index (χ2n) is 3.77. The van der Waals surface area contributed by atoms with Crippen molar-refractivity contribution in [3.8, 4) is 0 Å². The van der Waals surface area contributed by atoms with Gasteiger partial charge in [-0.2, -0.15) is 0 Å². The van der Waals surface area contributed by atoms with Gasteiger partial charge >= 0.3 is 0 Å². The maximum Gasteiger partial charge on any atom is 0.248 e. The number of carbonyl (C=O) groups is 2. The summed E-state index contributed by atoms with van der Waals surface area (Å²) in [6, 6.07) is 7.32. The molecule has 0 aliphatic rings. The number of carbonyl (C=O) groups excluding carboxylic acids is 2. The minimum atomic E-state index is -1.34. The Balaban J connectivity index is 2.20. The average molecular weight is 303 g/mol. The van der Waals surface area contributed by atoms with Crippen molar-refractivity contribution in [2.75, 3.05) is 12.3 Å². The first-order valence-electron chi connectivity index (χ1n) is 5.61. The number of aliphatic hydroxyl groups excluding tert-OH is 1. The Bertz CT molecular complexity index is 439. The molecule has 1 unspecified atom stereocenters. The molecule has 0 fully saturated rings. The van der Waals surface area contributed by atoms with E-state index in [0.717, 1.165) is 4.90 Å². The third-order valence-electron chi connectivity index (χ3n) is 2.23. The van der Waals surface area contributed by atoms with Crippen molar-refractivity contribution >= 4 is 35.2 Å². The largest absolute Gasteiger partial charge is 0.381 e. The lowest BCUT2D eigenvalue weighted by Crippen LogP contribution is -2.40. The lowest BCUT2D eigenvalue weighted by molar-refractivity contribution is -0.126. The fourth-order valence-corrected chi connectivity index (χ4v) is 2.17. The lowest BCUT2D eigenvalue weighted by atomic mass is 10.3. The molecule has 4 N–H and O–H groups in total. The van der Waals surface area contributed by atoms with Crippen molar-refractivity contribution in [3.63, 3.8) is 0 Å². The zero-order valence-corrected chi connectivity index (χ0v) is 11.7. The van der Waals surface area contributed by atoms with Gasteiger partial charge < -0.3 is 16.2 Å². The third kappa shape index (κ3) is 6.47. The maximum absolute atomic E-state index is 11.4. The molecule has 0 heterocycles. The molecule has 104 valence electrons. The molecular weight excluding hydrogens is 288 g/mol. The van der Waals surface area contributed by atoms with E-state index >= 15 is 0 Å². The van der Waals surface area contributed by atoms with E-state index in [9.17, 15) is 9.59 Å². The van der Waals surface area contributed by atoms with Gasteiger partial charge in [-0.25, -0.2) is 0 Å². The van der Waals surface area contributed by atoms with E-state index in [0.29, 0.717) is 17.2 Å². The van der Waals surface area contributed by atoms with Crippen LogP contribution in [-0.2, 0) is 9.59 Å². The molecule has 0 radical (unpaired) electrons. The second kappa shape index (κ2) is 8.04. The minimum Gasteiger partial charge on any atom is -0.381 e. The predicted octanol–water partition coefficient (Wildman–Crippen LogP) is 0.785. The van der Waals surface area contributed by atoms with E-state index in [1.54, 1.807) is 12.1 Å². The summed E-state index contributed by atoms with van der Waals surface area (Å²) in [6.45, 7) is -0.153. The average Bonchev–Trinajstić information content (AvgIpc) is 2.38. The van der Waals surface area contributed by atoms with Gasteiger partial charge in [0.15, 0.2) is 0 Å². The van der Waals surface area contributed by atoms with E-state index in [2.05, 4.69) is 5.32 Å². The van der Waals surface area contributed by atoms with Crippen LogP contribution in [0.3, 0.4) is 0 Å². The molecule has 2 amide bonds. The van der Waals surface area contributed by atoms with Gasteiger partial charge in [-0.05, 0) is 24.3 Å². The SMILES string of the molecule is NC(=O)C(O)CNC(=O)CCSc1ccc(Cl)cc1. The van der Waals surface area contributed by atoms with Gasteiger partial charge in [-0.1, -0.05) is 11.6 Å². The van der Waals surface area contributed by atoms with Crippen LogP contribution in [0, 0.1) is 0 Å². The smallest absolute Gasteiger partial charge is 0.248 e. The molecule has 1 aromatic rings. The van der Waals surface area contributed by atoms with E-state index < -0.39 is 12.0 Å². The Labute approximate surface area is 120 Å². The number of hydrogen-bond donors (Lipinski definition) is 3. The lowest BCUT2D eigenvalue weighted by Gasteiger charge is -2.08. The van der Waals surface area contributed by atoms with Crippen molar-refractivity contribution in [3.05, 3.63) is 29.3 Å². The Morgan fingerprint density at radius 3 is 2.58 bits per heavy atom. The quantitative estimate of drug-likeness (QED) is 0.649. The highest BCUT2D eigenvalue weighted by Crippen LogP contribution is 2.20. The van der Waals surface area contributed by atoms with E-state index in [-0.39, 0.29) is 12.5 Å². The molecule has 0 aromatic heterocycles. The Morgan fingerprint density at radius 2 is 2.00 bits per heavy atom. The molecule has 0 bridgehead atoms. The number of hydrogen-bond acceptors (Lipinski definition) is 4. The zero-order chi connectivity index (χ0) is 14.3. The number of halogens is 1. The van der Waals surface area contributed by atoms with Crippen LogP contribution in [-0.4, -0.2) is 35.3 Å². The summed E-state index contributed by atoms with van der Waals surface area (Å²) < 4.78 is 0. The molecule has 7 heteroatoms. The van der Waals surface area contributed by atoms with Crippen molar-refractivity contribution < 1.29 is 14.7 Å². The second-order valence-corrected chi connectivity index (χ2v) is 5.38. The zero-order valence-electron chi connectivity index (χ0n) is 10.1. The summed E-state index contributed by atoms with van der Waals surface area (Å²) >= 11 is 7.28. The highest BCUT2D eigenvalue weighted by molar-refractivity contribution is 7.99. The Morgan fingerprint density at radius 1 is 1.37 bits per heavy atom. The summed E-state index contributed by atoms with van der Waals surface area (Å²) in [5.41, 5.74) is 4.86. The van der Waals surface area contributed by atoms with Crippen LogP contribution in [0.4, 0.5) is 0 Å². The molecule has 0 saturated carbocycles. The number of nitrogens with two attached hydrogens (primary N) is 1. The molecule has 1 atom stereocenters. The topological polar surface area (TPSA) is 92.4 Å². The van der Waals surface area contributed by atoms with Crippen LogP contribution >= 0.6 is 23.4 Å². The van der Waals surface area contributed by atoms with Crippen LogP contribution < -0.4 is 11.1 Å². The van der Waals surface area contributed by atoms with Crippen LogP contribution in [0.15, 0.2) is 29.2 Å². The van der Waals surface area contributed by atoms with Crippen molar-refractivity contribution in [2.24, 2.45) is 5.73 Å². The minimum absolute atomic E-state index is 0.153. The van der Waals surface area contributed by atoms with Gasteiger partial charge in [0.2, 0.25) is 11.8 Å². The van der Waals surface area contributed by atoms with Gasteiger partial charge in [-0.15, -0.1) is 11.8 Å². The number of rotatable bonds is 7. The molecule has 1 rings (SSSR count). The number of primary amides is 1. The van der Waals surface area contributed by atoms with E-state index in [4.69, 9.17) is 22.4 Å². The van der Waals surface area contributed by atoms with Gasteiger partial charge in [0.25, 0.3) is 0 Å². The summed E-state index contributed by atoms with van der Waals surface area (Å²) in [6.07, 6.45) is -1.05. The number of aliphatic hydroxyl groups is 1. The van der Waals surface area contributed by atoms with Crippen LogP contribution in [0.25, 0.3) is 0 Å². The number of benzene rings is 1. The number of amides is 2. The summed E-state index contributed by atoms with van der Waals surface area (Å²) in [4.78, 5) is 23.0. The summed E-state index contributed by atoms with van der Waals surface area (Å²) in [5, 5.41) is 12.2. The first-order chi connectivity index (χ1) is 8.99. The van der Waals surface area contributed by atoms with Crippen molar-refractivity contribution in [1.82, 2.24) is 5.32 Å². The van der Waals surface area contributed by atoms with Crippen LogP contribution in [0.2, 0.25) is 5.02 Å². The third-order valence-corrected chi connectivity index (χ3v) is 3.50. The predicted molar refractivity (Wildman–Crippen MR) is 75.0 cm³/mol. The first-order valence-corrected chi connectivity index (χ1v) is 6.98. The normalized spacial score (nSPS) is 11.9. The van der Waals surface area contributed by atoms with Gasteiger partial charge in [0.1, 0.15) is 6.10 Å². The first kappa shape index (κ1) is 15.8. The highest BCUT2D eigenvalue weighted by atomic mass is 35.5. The molecule has 0 saturated heterocycles. The Kier molecular flexibility index (Phi) is 6.69. The monoisotopic (exact) mass is 302 g/mol. The molecule has 0 aliphatic carbocycles. The Hall–Kier alpha value is -1.24. The summed E-state index contributed by atoms with van der Waals surface area (Å²) in [7, 11) is 0. The maximum atomic E-state index is 11.4. The molecular formula is C12H15ClN2O3S. The number of thioether (sulfide) groups is 1. The number of nitrogens with one attached hydrogen (secondary N) is 1. The van der Waals surface area contributed by atoms with Gasteiger partial charge in [-0.3, -0.25) is 9.59 Å². The van der Waals surface area contributed by atoms with Gasteiger partial charge in [0, 0.05) is 22.1 Å². The fourth-order valence-electron chi connectivity index (χ4n) is 1.19. The fraction of sp³-hybridized carbons (Fsp3) is 0.333. The highest BCUT2D eigenvalue weighted by Gasteiger charge is 2.11. The standard InChI is InChI=1S/C12H15ClN2O3S/c13-8-1-3-9(4-2-8)19-6-5-11(17)15-7-10(16)12(14)18/h1-4,10,16H,5-7H2,(H2,14,18)(H,15,17). The van der Waals surface area contributed by atoms with E-state index in [1.165, 1.54) is 11.8 Å². The van der Waals surface area contributed by atoms with Crippen LogP contribution in [0.1, 0.15) is 6.42 Å². The molecule has 0 spiro atoms.